The minimum Gasteiger partial charge on any atom is -0.392 e. The number of nitrogens with zero attached hydrogens (tertiary/aromatic N) is 1. The molecule has 0 saturated heterocycles. The quantitative estimate of drug-likeness (QED) is 0.588. The van der Waals surface area contributed by atoms with Gasteiger partial charge in [-0.15, -0.1) is 0 Å². The lowest BCUT2D eigenvalue weighted by Crippen LogP contribution is -2.27. The Labute approximate surface area is 94.3 Å². The topological polar surface area (TPSA) is 75.4 Å². The molecule has 0 radical (unpaired) electrons. The number of hydrogen-bond donors (Lipinski definition) is 2. The van der Waals surface area contributed by atoms with Crippen LogP contribution in [-0.2, 0) is 0 Å². The summed E-state index contributed by atoms with van der Waals surface area (Å²) >= 11 is 0. The fourth-order valence-electron chi connectivity index (χ4n) is 1.35. The molecule has 16 heavy (non-hydrogen) atoms. The van der Waals surface area contributed by atoms with Crippen LogP contribution < -0.4 is 5.32 Å². The minimum absolute atomic E-state index is 0.0652. The zero-order chi connectivity index (χ0) is 12.1. The first-order chi connectivity index (χ1) is 7.50. The van der Waals surface area contributed by atoms with Gasteiger partial charge in [0.05, 0.1) is 11.0 Å². The average molecular weight is 224 g/mol. The molecular weight excluding hydrogens is 208 g/mol. The molecule has 88 valence electrons. The molecule has 5 heteroatoms. The van der Waals surface area contributed by atoms with Crippen molar-refractivity contribution in [1.82, 2.24) is 5.32 Å². The number of nitro benzene ring substituents is 1. The zero-order valence-electron chi connectivity index (χ0n) is 9.38. The molecule has 1 rings (SSSR count). The summed E-state index contributed by atoms with van der Waals surface area (Å²) in [7, 11) is 0. The molecule has 0 spiro atoms. The predicted octanol–water partition coefficient (Wildman–Crippen LogP) is 1.63. The molecule has 0 bridgehead atoms. The summed E-state index contributed by atoms with van der Waals surface area (Å²) in [6, 6.07) is 6.47. The van der Waals surface area contributed by atoms with Crippen molar-refractivity contribution in [2.24, 2.45) is 0 Å². The van der Waals surface area contributed by atoms with Gasteiger partial charge in [0.2, 0.25) is 0 Å². The Hall–Kier alpha value is -1.46. The first-order valence-electron chi connectivity index (χ1n) is 5.16. The van der Waals surface area contributed by atoms with Gasteiger partial charge in [0.15, 0.2) is 0 Å². The van der Waals surface area contributed by atoms with E-state index in [-0.39, 0.29) is 11.7 Å². The fraction of sp³-hybridized carbons (Fsp3) is 0.455. The maximum Gasteiger partial charge on any atom is 0.269 e. The number of aliphatic hydroxyl groups is 1. The van der Waals surface area contributed by atoms with E-state index < -0.39 is 11.0 Å². The van der Waals surface area contributed by atoms with Crippen LogP contribution in [0.5, 0.6) is 0 Å². The molecule has 0 aliphatic rings. The number of benzene rings is 1. The van der Waals surface area contributed by atoms with Crippen molar-refractivity contribution in [1.29, 1.82) is 0 Å². The number of rotatable bonds is 5. The molecule has 2 N–H and O–H groups in total. The van der Waals surface area contributed by atoms with Crippen molar-refractivity contribution >= 4 is 5.69 Å². The maximum atomic E-state index is 10.5. The van der Waals surface area contributed by atoms with E-state index in [1.165, 1.54) is 12.1 Å². The molecule has 2 unspecified atom stereocenters. The van der Waals surface area contributed by atoms with Gasteiger partial charge in [-0.2, -0.15) is 0 Å². The highest BCUT2D eigenvalue weighted by Crippen LogP contribution is 2.17. The third-order valence-corrected chi connectivity index (χ3v) is 2.32. The monoisotopic (exact) mass is 224 g/mol. The third kappa shape index (κ3) is 3.60. The fourth-order valence-corrected chi connectivity index (χ4v) is 1.35. The normalized spacial score (nSPS) is 14.4. The van der Waals surface area contributed by atoms with E-state index in [1.54, 1.807) is 19.1 Å². The van der Waals surface area contributed by atoms with Gasteiger partial charge in [0.1, 0.15) is 0 Å². The first kappa shape index (κ1) is 12.6. The van der Waals surface area contributed by atoms with Gasteiger partial charge in [-0.3, -0.25) is 10.1 Å². The molecule has 5 nitrogen and oxygen atoms in total. The van der Waals surface area contributed by atoms with Crippen LogP contribution in [0.4, 0.5) is 5.69 Å². The standard InChI is InChI=1S/C11H16N2O3/c1-8(14)7-12-9(2)10-3-5-11(6-4-10)13(15)16/h3-6,8-9,12,14H,7H2,1-2H3. The molecular formula is C11H16N2O3. The molecule has 0 fully saturated rings. The van der Waals surface area contributed by atoms with E-state index in [0.717, 1.165) is 5.56 Å². The highest BCUT2D eigenvalue weighted by atomic mass is 16.6. The second kappa shape index (κ2) is 5.58. The lowest BCUT2D eigenvalue weighted by Gasteiger charge is -2.15. The second-order valence-electron chi connectivity index (χ2n) is 3.83. The third-order valence-electron chi connectivity index (χ3n) is 2.32. The zero-order valence-corrected chi connectivity index (χ0v) is 9.38. The Morgan fingerprint density at radius 3 is 2.38 bits per heavy atom. The number of hydrogen-bond acceptors (Lipinski definition) is 4. The summed E-state index contributed by atoms with van der Waals surface area (Å²) in [5, 5.41) is 22.7. The van der Waals surface area contributed by atoms with Gasteiger partial charge < -0.3 is 10.4 Å². The van der Waals surface area contributed by atoms with E-state index in [9.17, 15) is 10.1 Å². The average Bonchev–Trinajstić information content (AvgIpc) is 2.26. The summed E-state index contributed by atoms with van der Waals surface area (Å²) in [4.78, 5) is 10.0. The highest BCUT2D eigenvalue weighted by Gasteiger charge is 2.08. The van der Waals surface area contributed by atoms with Crippen molar-refractivity contribution in [3.8, 4) is 0 Å². The van der Waals surface area contributed by atoms with Crippen LogP contribution in [0.2, 0.25) is 0 Å². The predicted molar refractivity (Wildman–Crippen MR) is 61.2 cm³/mol. The molecule has 0 aliphatic heterocycles. The van der Waals surface area contributed by atoms with Gasteiger partial charge in [-0.1, -0.05) is 12.1 Å². The minimum atomic E-state index is -0.419. The van der Waals surface area contributed by atoms with Crippen LogP contribution in [0.3, 0.4) is 0 Å². The Balaban J connectivity index is 2.63. The molecule has 1 aromatic rings. The summed E-state index contributed by atoms with van der Waals surface area (Å²) in [6.45, 7) is 4.15. The van der Waals surface area contributed by atoms with Crippen LogP contribution in [-0.4, -0.2) is 22.7 Å². The number of nitrogens with one attached hydrogen (secondary N) is 1. The van der Waals surface area contributed by atoms with Gasteiger partial charge in [-0.25, -0.2) is 0 Å². The van der Waals surface area contributed by atoms with Gasteiger partial charge in [0, 0.05) is 24.7 Å². The summed E-state index contributed by atoms with van der Waals surface area (Å²) in [5.74, 6) is 0. The summed E-state index contributed by atoms with van der Waals surface area (Å²) in [6.07, 6.45) is -0.402. The van der Waals surface area contributed by atoms with E-state index in [4.69, 9.17) is 5.11 Å². The van der Waals surface area contributed by atoms with Crippen molar-refractivity contribution in [2.45, 2.75) is 26.0 Å². The van der Waals surface area contributed by atoms with E-state index in [0.29, 0.717) is 6.54 Å². The van der Waals surface area contributed by atoms with Crippen molar-refractivity contribution in [3.63, 3.8) is 0 Å². The number of non-ortho nitro benzene ring substituents is 1. The van der Waals surface area contributed by atoms with E-state index in [2.05, 4.69) is 5.32 Å². The number of aliphatic hydroxyl groups excluding tert-OH is 1. The molecule has 0 aliphatic carbocycles. The Bertz CT molecular complexity index is 349. The summed E-state index contributed by atoms with van der Waals surface area (Å²) in [5.41, 5.74) is 1.05. The molecule has 0 aromatic heterocycles. The van der Waals surface area contributed by atoms with Crippen molar-refractivity contribution in [2.75, 3.05) is 6.54 Å². The molecule has 2 atom stereocenters. The van der Waals surface area contributed by atoms with Crippen LogP contribution in [0, 0.1) is 10.1 Å². The first-order valence-corrected chi connectivity index (χ1v) is 5.16. The van der Waals surface area contributed by atoms with Gasteiger partial charge in [-0.05, 0) is 19.4 Å². The van der Waals surface area contributed by atoms with Gasteiger partial charge >= 0.3 is 0 Å². The summed E-state index contributed by atoms with van der Waals surface area (Å²) < 4.78 is 0. The highest BCUT2D eigenvalue weighted by molar-refractivity contribution is 5.33. The smallest absolute Gasteiger partial charge is 0.269 e. The SMILES string of the molecule is CC(O)CNC(C)c1ccc([N+](=O)[O-])cc1. The Morgan fingerprint density at radius 1 is 1.38 bits per heavy atom. The Morgan fingerprint density at radius 2 is 1.94 bits per heavy atom. The van der Waals surface area contributed by atoms with Crippen LogP contribution in [0.15, 0.2) is 24.3 Å². The van der Waals surface area contributed by atoms with Crippen LogP contribution in [0.1, 0.15) is 25.5 Å². The second-order valence-corrected chi connectivity index (χ2v) is 3.83. The number of nitro groups is 1. The Kier molecular flexibility index (Phi) is 4.39. The lowest BCUT2D eigenvalue weighted by molar-refractivity contribution is -0.384. The van der Waals surface area contributed by atoms with E-state index in [1.807, 2.05) is 6.92 Å². The van der Waals surface area contributed by atoms with Crippen LogP contribution >= 0.6 is 0 Å². The molecule has 0 amide bonds. The largest absolute Gasteiger partial charge is 0.392 e. The van der Waals surface area contributed by atoms with Crippen molar-refractivity contribution in [3.05, 3.63) is 39.9 Å². The van der Waals surface area contributed by atoms with E-state index >= 15 is 0 Å². The lowest BCUT2D eigenvalue weighted by atomic mass is 10.1. The van der Waals surface area contributed by atoms with Crippen LogP contribution in [0.25, 0.3) is 0 Å². The molecule has 0 heterocycles. The van der Waals surface area contributed by atoms with Crippen molar-refractivity contribution < 1.29 is 10.0 Å². The molecule has 0 saturated carbocycles. The van der Waals surface area contributed by atoms with Gasteiger partial charge in [0.25, 0.3) is 5.69 Å². The molecule has 1 aromatic carbocycles. The maximum absolute atomic E-state index is 10.5.